The van der Waals surface area contributed by atoms with Crippen LogP contribution in [0.2, 0.25) is 0 Å². The average molecular weight is 264 g/mol. The fourth-order valence-corrected chi connectivity index (χ4v) is 2.23. The fourth-order valence-electron chi connectivity index (χ4n) is 2.23. The number of benzene rings is 2. The summed E-state index contributed by atoms with van der Waals surface area (Å²) < 4.78 is 6.08. The Kier molecular flexibility index (Phi) is 3.25. The van der Waals surface area contributed by atoms with Crippen molar-refractivity contribution >= 4 is 16.6 Å². The molecular weight excluding hydrogens is 248 g/mol. The highest BCUT2D eigenvalue weighted by Crippen LogP contribution is 2.33. The van der Waals surface area contributed by atoms with Gasteiger partial charge in [-0.05, 0) is 24.6 Å². The van der Waals surface area contributed by atoms with Gasteiger partial charge in [0, 0.05) is 5.39 Å². The molecule has 0 fully saturated rings. The molecule has 0 spiro atoms. The van der Waals surface area contributed by atoms with Gasteiger partial charge in [-0.3, -0.25) is 4.98 Å². The van der Waals surface area contributed by atoms with Crippen molar-refractivity contribution in [2.24, 2.45) is 0 Å². The van der Waals surface area contributed by atoms with Crippen molar-refractivity contribution in [2.45, 2.75) is 13.0 Å². The van der Waals surface area contributed by atoms with Crippen LogP contribution in [0.4, 0.5) is 5.69 Å². The van der Waals surface area contributed by atoms with Crippen LogP contribution in [0.25, 0.3) is 10.9 Å². The lowest BCUT2D eigenvalue weighted by Crippen LogP contribution is -2.05. The smallest absolute Gasteiger partial charge is 0.154 e. The largest absolute Gasteiger partial charge is 0.483 e. The second-order valence-electron chi connectivity index (χ2n) is 4.73. The van der Waals surface area contributed by atoms with Crippen LogP contribution in [0.1, 0.15) is 18.6 Å². The Bertz CT molecular complexity index is 725. The molecule has 0 aliphatic carbocycles. The van der Waals surface area contributed by atoms with E-state index < -0.39 is 0 Å². The van der Waals surface area contributed by atoms with Crippen molar-refractivity contribution in [2.75, 3.05) is 5.73 Å². The molecule has 0 aliphatic rings. The number of nitrogens with zero attached hydrogens (tertiary/aromatic N) is 1. The Balaban J connectivity index is 2.00. The van der Waals surface area contributed by atoms with Crippen LogP contribution in [0.15, 0.2) is 60.8 Å². The molecule has 2 N–H and O–H groups in total. The first-order valence-electron chi connectivity index (χ1n) is 6.60. The molecule has 0 saturated heterocycles. The molecule has 1 unspecified atom stereocenters. The van der Waals surface area contributed by atoms with Gasteiger partial charge in [0.25, 0.3) is 0 Å². The number of hydrogen-bond donors (Lipinski definition) is 1. The molecule has 20 heavy (non-hydrogen) atoms. The molecule has 3 heteroatoms. The highest BCUT2D eigenvalue weighted by Gasteiger charge is 2.12. The van der Waals surface area contributed by atoms with E-state index in [0.29, 0.717) is 11.4 Å². The van der Waals surface area contributed by atoms with Crippen LogP contribution in [0.5, 0.6) is 5.75 Å². The zero-order chi connectivity index (χ0) is 13.9. The van der Waals surface area contributed by atoms with E-state index in [1.165, 1.54) is 0 Å². The van der Waals surface area contributed by atoms with Crippen molar-refractivity contribution in [1.82, 2.24) is 4.98 Å². The van der Waals surface area contributed by atoms with Crippen LogP contribution in [-0.4, -0.2) is 4.98 Å². The molecule has 0 bridgehead atoms. The summed E-state index contributed by atoms with van der Waals surface area (Å²) >= 11 is 0. The van der Waals surface area contributed by atoms with E-state index in [9.17, 15) is 0 Å². The molecule has 0 amide bonds. The minimum Gasteiger partial charge on any atom is -0.483 e. The minimum absolute atomic E-state index is 0.0655. The van der Waals surface area contributed by atoms with Gasteiger partial charge in [0.2, 0.25) is 0 Å². The lowest BCUT2D eigenvalue weighted by molar-refractivity contribution is 0.231. The number of rotatable bonds is 3. The van der Waals surface area contributed by atoms with E-state index >= 15 is 0 Å². The molecular formula is C17H16N2O. The standard InChI is InChI=1S/C17H16N2O/c1-12(13-7-3-2-4-8-13)20-17-14-9-5-6-10-16(14)19-11-15(17)18/h2-12H,18H2,1H3. The summed E-state index contributed by atoms with van der Waals surface area (Å²) in [6.07, 6.45) is 1.58. The predicted molar refractivity (Wildman–Crippen MR) is 81.6 cm³/mol. The molecule has 2 aromatic carbocycles. The molecule has 3 rings (SSSR count). The van der Waals surface area contributed by atoms with E-state index in [1.54, 1.807) is 6.20 Å². The maximum atomic E-state index is 6.08. The molecule has 3 aromatic rings. The summed E-state index contributed by atoms with van der Waals surface area (Å²) in [5.41, 5.74) is 8.59. The Morgan fingerprint density at radius 1 is 1.00 bits per heavy atom. The van der Waals surface area contributed by atoms with Crippen molar-refractivity contribution in [3.05, 3.63) is 66.4 Å². The number of pyridine rings is 1. The van der Waals surface area contributed by atoms with Crippen molar-refractivity contribution in [3.8, 4) is 5.75 Å². The number of hydrogen-bond acceptors (Lipinski definition) is 3. The number of fused-ring (bicyclic) bond motifs is 1. The van der Waals surface area contributed by atoms with Crippen molar-refractivity contribution in [1.29, 1.82) is 0 Å². The third kappa shape index (κ3) is 2.30. The van der Waals surface area contributed by atoms with Gasteiger partial charge in [-0.15, -0.1) is 0 Å². The van der Waals surface area contributed by atoms with Gasteiger partial charge in [-0.2, -0.15) is 0 Å². The van der Waals surface area contributed by atoms with Gasteiger partial charge in [0.1, 0.15) is 6.10 Å². The fraction of sp³-hybridized carbons (Fsp3) is 0.118. The molecule has 0 radical (unpaired) electrons. The summed E-state index contributed by atoms with van der Waals surface area (Å²) in [4.78, 5) is 4.32. The zero-order valence-electron chi connectivity index (χ0n) is 11.3. The van der Waals surface area contributed by atoms with Crippen molar-refractivity contribution < 1.29 is 4.74 Å². The number of nitrogen functional groups attached to an aromatic ring is 1. The van der Waals surface area contributed by atoms with Crippen LogP contribution >= 0.6 is 0 Å². The molecule has 1 aromatic heterocycles. The summed E-state index contributed by atoms with van der Waals surface area (Å²) in [5, 5.41) is 0.940. The second kappa shape index (κ2) is 5.21. The second-order valence-corrected chi connectivity index (χ2v) is 4.73. The van der Waals surface area contributed by atoms with Gasteiger partial charge in [-0.25, -0.2) is 0 Å². The molecule has 3 nitrogen and oxygen atoms in total. The number of aromatic nitrogens is 1. The third-order valence-corrected chi connectivity index (χ3v) is 3.32. The topological polar surface area (TPSA) is 48.1 Å². The first kappa shape index (κ1) is 12.5. The SMILES string of the molecule is CC(Oc1c(N)cnc2ccccc12)c1ccccc1. The Labute approximate surface area is 118 Å². The molecule has 1 heterocycles. The predicted octanol–water partition coefficient (Wildman–Crippen LogP) is 3.96. The summed E-state index contributed by atoms with van der Waals surface area (Å²) in [5.74, 6) is 0.701. The Morgan fingerprint density at radius 2 is 1.70 bits per heavy atom. The number of nitrogens with two attached hydrogens (primary N) is 1. The monoisotopic (exact) mass is 264 g/mol. The molecule has 0 saturated carbocycles. The number of para-hydroxylation sites is 1. The first-order chi connectivity index (χ1) is 9.75. The summed E-state index contributed by atoms with van der Waals surface area (Å²) in [7, 11) is 0. The van der Waals surface area contributed by atoms with Gasteiger partial charge in [0.05, 0.1) is 17.4 Å². The lowest BCUT2D eigenvalue weighted by atomic mass is 10.1. The maximum Gasteiger partial charge on any atom is 0.154 e. The van der Waals surface area contributed by atoms with E-state index in [2.05, 4.69) is 4.98 Å². The quantitative estimate of drug-likeness (QED) is 0.779. The average Bonchev–Trinajstić information content (AvgIpc) is 2.51. The summed E-state index contributed by atoms with van der Waals surface area (Å²) in [6, 6.07) is 17.9. The Hall–Kier alpha value is -2.55. The van der Waals surface area contributed by atoms with E-state index in [0.717, 1.165) is 16.5 Å². The summed E-state index contributed by atoms with van der Waals surface area (Å²) in [6.45, 7) is 2.02. The van der Waals surface area contributed by atoms with Crippen LogP contribution < -0.4 is 10.5 Å². The highest BCUT2D eigenvalue weighted by atomic mass is 16.5. The first-order valence-corrected chi connectivity index (χ1v) is 6.60. The minimum atomic E-state index is -0.0655. The van der Waals surface area contributed by atoms with E-state index in [4.69, 9.17) is 10.5 Å². The zero-order valence-corrected chi connectivity index (χ0v) is 11.3. The third-order valence-electron chi connectivity index (χ3n) is 3.32. The maximum absolute atomic E-state index is 6.08. The Morgan fingerprint density at radius 3 is 2.50 bits per heavy atom. The van der Waals surface area contributed by atoms with Crippen LogP contribution in [0, 0.1) is 0 Å². The highest BCUT2D eigenvalue weighted by molar-refractivity contribution is 5.89. The molecule has 100 valence electrons. The molecule has 0 aliphatic heterocycles. The van der Waals surface area contributed by atoms with Gasteiger partial charge < -0.3 is 10.5 Å². The van der Waals surface area contributed by atoms with E-state index in [1.807, 2.05) is 61.5 Å². The van der Waals surface area contributed by atoms with Gasteiger partial charge >= 0.3 is 0 Å². The number of anilines is 1. The lowest BCUT2D eigenvalue weighted by Gasteiger charge is -2.18. The van der Waals surface area contributed by atoms with Crippen LogP contribution in [-0.2, 0) is 0 Å². The molecule has 1 atom stereocenters. The normalized spacial score (nSPS) is 12.2. The van der Waals surface area contributed by atoms with E-state index in [-0.39, 0.29) is 6.10 Å². The van der Waals surface area contributed by atoms with Crippen LogP contribution in [0.3, 0.4) is 0 Å². The van der Waals surface area contributed by atoms with Gasteiger partial charge in [-0.1, -0.05) is 42.5 Å². The number of ether oxygens (including phenoxy) is 1. The van der Waals surface area contributed by atoms with Gasteiger partial charge in [0.15, 0.2) is 5.75 Å². The van der Waals surface area contributed by atoms with Crippen molar-refractivity contribution in [3.63, 3.8) is 0 Å².